The summed E-state index contributed by atoms with van der Waals surface area (Å²) in [5.74, 6) is 0.203. The highest BCUT2D eigenvalue weighted by molar-refractivity contribution is 7.99. The zero-order valence-corrected chi connectivity index (χ0v) is 14.5. The first-order chi connectivity index (χ1) is 11.2. The van der Waals surface area contributed by atoms with Gasteiger partial charge in [0.1, 0.15) is 4.83 Å². The molecule has 23 heavy (non-hydrogen) atoms. The van der Waals surface area contributed by atoms with Gasteiger partial charge in [0.05, 0.1) is 12.0 Å². The van der Waals surface area contributed by atoms with E-state index in [1.165, 1.54) is 34.7 Å². The van der Waals surface area contributed by atoms with Crippen LogP contribution in [0.2, 0.25) is 0 Å². The molecule has 0 amide bonds. The van der Waals surface area contributed by atoms with Crippen LogP contribution in [0.15, 0.2) is 22.1 Å². The normalized spacial score (nSPS) is 14.3. The number of aromatic nitrogens is 2. The molecular formula is C16H18N2O3S2. The van der Waals surface area contributed by atoms with Crippen molar-refractivity contribution >= 4 is 39.3 Å². The molecule has 0 aromatic carbocycles. The van der Waals surface area contributed by atoms with E-state index in [-0.39, 0.29) is 11.5 Å². The molecule has 1 aliphatic carbocycles. The summed E-state index contributed by atoms with van der Waals surface area (Å²) in [4.78, 5) is 33.1. The molecular weight excluding hydrogens is 332 g/mol. The van der Waals surface area contributed by atoms with Gasteiger partial charge in [-0.05, 0) is 38.2 Å². The van der Waals surface area contributed by atoms with Crippen LogP contribution in [0, 0.1) is 0 Å². The van der Waals surface area contributed by atoms with Crippen molar-refractivity contribution in [3.05, 3.63) is 32.9 Å². The molecule has 0 atom stereocenters. The summed E-state index contributed by atoms with van der Waals surface area (Å²) < 4.78 is 4.81. The van der Waals surface area contributed by atoms with Crippen molar-refractivity contribution in [3.63, 3.8) is 0 Å². The van der Waals surface area contributed by atoms with Crippen LogP contribution < -0.4 is 5.56 Å². The molecule has 3 rings (SSSR count). The number of thioether (sulfide) groups is 1. The smallest absolute Gasteiger partial charge is 0.330 e. The maximum Gasteiger partial charge on any atom is 0.330 e. The number of thiophene rings is 1. The molecule has 7 heteroatoms. The summed E-state index contributed by atoms with van der Waals surface area (Å²) in [5, 5.41) is 1.37. The topological polar surface area (TPSA) is 72.0 Å². The predicted molar refractivity (Wildman–Crippen MR) is 93.4 cm³/mol. The van der Waals surface area contributed by atoms with E-state index in [2.05, 4.69) is 9.97 Å². The summed E-state index contributed by atoms with van der Waals surface area (Å²) in [6.45, 7) is 2.13. The van der Waals surface area contributed by atoms with Gasteiger partial charge in [-0.3, -0.25) is 4.79 Å². The molecule has 0 radical (unpaired) electrons. The van der Waals surface area contributed by atoms with Crippen LogP contribution in [0.3, 0.4) is 0 Å². The predicted octanol–water partition coefficient (Wildman–Crippen LogP) is 3.07. The Kier molecular flexibility index (Phi) is 5.17. The van der Waals surface area contributed by atoms with E-state index >= 15 is 0 Å². The molecule has 0 aliphatic heterocycles. The molecule has 2 aromatic rings. The summed E-state index contributed by atoms with van der Waals surface area (Å²) in [6, 6.07) is 0. The van der Waals surface area contributed by atoms with Crippen molar-refractivity contribution in [1.29, 1.82) is 0 Å². The van der Waals surface area contributed by atoms with Gasteiger partial charge in [-0.1, -0.05) is 17.8 Å². The lowest BCUT2D eigenvalue weighted by molar-refractivity contribution is -0.137. The van der Waals surface area contributed by atoms with Crippen LogP contribution in [0.1, 0.15) is 30.2 Å². The number of ether oxygens (including phenoxy) is 1. The Morgan fingerprint density at radius 1 is 1.43 bits per heavy atom. The van der Waals surface area contributed by atoms with Crippen LogP contribution in [-0.4, -0.2) is 28.3 Å². The number of esters is 1. The summed E-state index contributed by atoms with van der Waals surface area (Å²) in [6.07, 6.45) is 7.49. The number of nitrogens with one attached hydrogen (secondary N) is 1. The number of aromatic amines is 1. The van der Waals surface area contributed by atoms with Gasteiger partial charge in [-0.15, -0.1) is 11.3 Å². The molecule has 0 fully saturated rings. The minimum atomic E-state index is -0.351. The molecule has 1 aliphatic rings. The van der Waals surface area contributed by atoms with E-state index < -0.39 is 0 Å². The average molecular weight is 350 g/mol. The molecule has 0 spiro atoms. The van der Waals surface area contributed by atoms with Gasteiger partial charge in [0.2, 0.25) is 0 Å². The van der Waals surface area contributed by atoms with E-state index in [9.17, 15) is 9.59 Å². The lowest BCUT2D eigenvalue weighted by atomic mass is 9.97. The Hall–Kier alpha value is -1.60. The molecule has 0 bridgehead atoms. The number of aryl methyl sites for hydroxylation is 2. The number of fused-ring (bicyclic) bond motifs is 3. The molecule has 2 aromatic heterocycles. The third-order valence-corrected chi connectivity index (χ3v) is 5.67. The van der Waals surface area contributed by atoms with Crippen LogP contribution in [-0.2, 0) is 22.4 Å². The van der Waals surface area contributed by atoms with Gasteiger partial charge >= 0.3 is 5.97 Å². The molecule has 1 N–H and O–H groups in total. The lowest BCUT2D eigenvalue weighted by Crippen LogP contribution is -2.10. The lowest BCUT2D eigenvalue weighted by Gasteiger charge is -2.09. The Bertz CT molecular complexity index is 807. The van der Waals surface area contributed by atoms with Gasteiger partial charge < -0.3 is 9.72 Å². The van der Waals surface area contributed by atoms with Crippen LogP contribution in [0.4, 0.5) is 0 Å². The highest BCUT2D eigenvalue weighted by atomic mass is 32.2. The molecule has 122 valence electrons. The second-order valence-corrected chi connectivity index (χ2v) is 7.32. The maximum absolute atomic E-state index is 12.4. The van der Waals surface area contributed by atoms with Crippen molar-refractivity contribution in [2.45, 2.75) is 37.8 Å². The maximum atomic E-state index is 12.4. The number of carbonyl (C=O) groups excluding carboxylic acids is 1. The molecule has 0 unspecified atom stereocenters. The second kappa shape index (κ2) is 7.31. The third-order valence-electron chi connectivity index (χ3n) is 3.66. The number of hydrogen-bond acceptors (Lipinski definition) is 6. The fraction of sp³-hybridized carbons (Fsp3) is 0.438. The molecule has 2 heterocycles. The second-order valence-electron chi connectivity index (χ2n) is 5.23. The van der Waals surface area contributed by atoms with Gasteiger partial charge in [0.25, 0.3) is 5.56 Å². The highest BCUT2D eigenvalue weighted by Crippen LogP contribution is 2.34. The van der Waals surface area contributed by atoms with E-state index in [4.69, 9.17) is 4.74 Å². The first-order valence-corrected chi connectivity index (χ1v) is 9.50. The van der Waals surface area contributed by atoms with Crippen molar-refractivity contribution in [1.82, 2.24) is 9.97 Å². The van der Waals surface area contributed by atoms with Crippen molar-refractivity contribution in [2.24, 2.45) is 0 Å². The summed E-state index contributed by atoms with van der Waals surface area (Å²) in [7, 11) is 0. The van der Waals surface area contributed by atoms with Crippen LogP contribution >= 0.6 is 23.1 Å². The standard InChI is InChI=1S/C16H18N2O3S2/c1-2-21-12(19)8-5-9-22-16-17-14(20)13-10-6-3-4-7-11(10)23-15(13)18-16/h5,8H,2-4,6-7,9H2,1H3,(H,17,18,20). The molecule has 0 saturated carbocycles. The van der Waals surface area contributed by atoms with Crippen LogP contribution in [0.5, 0.6) is 0 Å². The van der Waals surface area contributed by atoms with E-state index in [0.29, 0.717) is 17.5 Å². The van der Waals surface area contributed by atoms with Gasteiger partial charge in [0, 0.05) is 16.7 Å². The Morgan fingerprint density at radius 2 is 2.26 bits per heavy atom. The Morgan fingerprint density at radius 3 is 3.09 bits per heavy atom. The quantitative estimate of drug-likeness (QED) is 0.388. The van der Waals surface area contributed by atoms with E-state index in [1.807, 2.05) is 0 Å². The van der Waals surface area contributed by atoms with Crippen molar-refractivity contribution in [2.75, 3.05) is 12.4 Å². The zero-order valence-electron chi connectivity index (χ0n) is 12.9. The first kappa shape index (κ1) is 16.3. The Labute approximate surface area is 142 Å². The summed E-state index contributed by atoms with van der Waals surface area (Å²) >= 11 is 3.04. The Balaban J connectivity index is 1.75. The largest absolute Gasteiger partial charge is 0.463 e. The molecule has 5 nitrogen and oxygen atoms in total. The first-order valence-electron chi connectivity index (χ1n) is 7.69. The number of rotatable bonds is 5. The number of H-pyrrole nitrogens is 1. The van der Waals surface area contributed by atoms with Crippen LogP contribution in [0.25, 0.3) is 10.2 Å². The van der Waals surface area contributed by atoms with Crippen molar-refractivity contribution < 1.29 is 9.53 Å². The third kappa shape index (κ3) is 3.67. The fourth-order valence-electron chi connectivity index (χ4n) is 2.67. The average Bonchev–Trinajstić information content (AvgIpc) is 2.90. The fourth-order valence-corrected chi connectivity index (χ4v) is 4.67. The zero-order chi connectivity index (χ0) is 16.2. The number of carbonyl (C=O) groups is 1. The number of hydrogen-bond donors (Lipinski definition) is 1. The minimum absolute atomic E-state index is 0.0497. The van der Waals surface area contributed by atoms with Crippen molar-refractivity contribution in [3.8, 4) is 0 Å². The number of nitrogens with zero attached hydrogens (tertiary/aromatic N) is 1. The van der Waals surface area contributed by atoms with E-state index in [0.717, 1.165) is 29.5 Å². The molecule has 0 saturated heterocycles. The van der Waals surface area contributed by atoms with Gasteiger partial charge in [-0.2, -0.15) is 0 Å². The SMILES string of the molecule is CCOC(=O)C=CCSc1nc2sc3c(c2c(=O)[nH]1)CCCC3. The van der Waals surface area contributed by atoms with Gasteiger partial charge in [-0.25, -0.2) is 9.78 Å². The van der Waals surface area contributed by atoms with E-state index in [1.54, 1.807) is 24.3 Å². The van der Waals surface area contributed by atoms with Gasteiger partial charge in [0.15, 0.2) is 5.16 Å². The minimum Gasteiger partial charge on any atom is -0.463 e. The highest BCUT2D eigenvalue weighted by Gasteiger charge is 2.19. The monoisotopic (exact) mass is 350 g/mol. The summed E-state index contributed by atoms with van der Waals surface area (Å²) in [5.41, 5.74) is 1.15.